The number of halogens is 1. The molecule has 0 atom stereocenters. The number of para-hydroxylation sites is 1. The van der Waals surface area contributed by atoms with Gasteiger partial charge in [-0.1, -0.05) is 22.8 Å². The van der Waals surface area contributed by atoms with E-state index in [-0.39, 0.29) is 0 Å². The van der Waals surface area contributed by atoms with Crippen LogP contribution in [0.15, 0.2) is 35.0 Å². The Labute approximate surface area is 114 Å². The fraction of sp³-hybridized carbons (Fsp3) is 0.154. The number of benzene rings is 1. The first-order valence-electron chi connectivity index (χ1n) is 5.80. The van der Waals surface area contributed by atoms with Gasteiger partial charge in [0.15, 0.2) is 5.76 Å². The summed E-state index contributed by atoms with van der Waals surface area (Å²) >= 11 is 6.04. The smallest absolute Gasteiger partial charge is 0.156 e. The minimum atomic E-state index is 0.515. The molecule has 0 unspecified atom stereocenters. The largest absolute Gasteiger partial charge is 0.361 e. The van der Waals surface area contributed by atoms with E-state index >= 15 is 0 Å². The van der Waals surface area contributed by atoms with E-state index in [4.69, 9.17) is 16.1 Å². The van der Waals surface area contributed by atoms with Crippen LogP contribution in [0, 0.1) is 6.92 Å². The quantitative estimate of drug-likeness (QED) is 0.795. The van der Waals surface area contributed by atoms with Crippen molar-refractivity contribution < 1.29 is 4.52 Å². The number of aryl methyl sites for hydroxylation is 1. The molecule has 3 aromatic rings. The maximum atomic E-state index is 6.04. The molecule has 3 rings (SSSR count). The number of hydrogen-bond acceptors (Lipinski definition) is 5. The summed E-state index contributed by atoms with van der Waals surface area (Å²) in [5.74, 6) is 1.43. The van der Waals surface area contributed by atoms with Gasteiger partial charge in [0.2, 0.25) is 0 Å². The Morgan fingerprint density at radius 3 is 3.05 bits per heavy atom. The third kappa shape index (κ3) is 2.51. The van der Waals surface area contributed by atoms with Crippen LogP contribution >= 0.6 is 11.6 Å². The molecule has 0 aliphatic heterocycles. The Hall–Kier alpha value is -2.14. The minimum absolute atomic E-state index is 0.515. The normalized spacial score (nSPS) is 10.8. The molecule has 0 amide bonds. The first-order valence-corrected chi connectivity index (χ1v) is 6.17. The van der Waals surface area contributed by atoms with Crippen LogP contribution in [-0.2, 0) is 6.54 Å². The van der Waals surface area contributed by atoms with E-state index < -0.39 is 0 Å². The average Bonchev–Trinajstić information content (AvgIpc) is 2.82. The van der Waals surface area contributed by atoms with Gasteiger partial charge in [0.05, 0.1) is 29.0 Å². The molecule has 0 saturated heterocycles. The molecule has 0 aliphatic rings. The Bertz CT molecular complexity index is 725. The van der Waals surface area contributed by atoms with E-state index in [9.17, 15) is 0 Å². The van der Waals surface area contributed by atoms with Crippen LogP contribution in [0.1, 0.15) is 11.5 Å². The second-order valence-corrected chi connectivity index (χ2v) is 4.56. The number of nitrogens with zero attached hydrogens (tertiary/aromatic N) is 3. The van der Waals surface area contributed by atoms with Crippen LogP contribution in [-0.4, -0.2) is 15.1 Å². The van der Waals surface area contributed by atoms with Gasteiger partial charge in [-0.05, 0) is 19.1 Å². The van der Waals surface area contributed by atoms with Crippen LogP contribution in [0.25, 0.3) is 11.0 Å². The number of fused-ring (bicyclic) bond motifs is 1. The van der Waals surface area contributed by atoms with E-state index in [1.165, 1.54) is 0 Å². The van der Waals surface area contributed by atoms with E-state index in [1.54, 1.807) is 12.3 Å². The zero-order chi connectivity index (χ0) is 13.2. The highest BCUT2D eigenvalue weighted by Gasteiger charge is 2.04. The van der Waals surface area contributed by atoms with Gasteiger partial charge in [-0.2, -0.15) is 0 Å². The van der Waals surface area contributed by atoms with Gasteiger partial charge in [-0.3, -0.25) is 0 Å². The maximum Gasteiger partial charge on any atom is 0.156 e. The predicted molar refractivity (Wildman–Crippen MR) is 73.1 cm³/mol. The molecule has 0 aliphatic carbocycles. The molecule has 2 aromatic heterocycles. The molecule has 2 heterocycles. The molecule has 0 bridgehead atoms. The molecule has 96 valence electrons. The molecule has 0 fully saturated rings. The molecule has 1 aromatic carbocycles. The van der Waals surface area contributed by atoms with Gasteiger partial charge < -0.3 is 9.84 Å². The number of anilines is 1. The Balaban J connectivity index is 1.82. The van der Waals surface area contributed by atoms with Gasteiger partial charge in [0, 0.05) is 6.07 Å². The molecule has 0 spiro atoms. The second kappa shape index (κ2) is 4.85. The van der Waals surface area contributed by atoms with Crippen LogP contribution in [0.5, 0.6) is 0 Å². The van der Waals surface area contributed by atoms with Crippen LogP contribution in [0.2, 0.25) is 5.02 Å². The third-order valence-electron chi connectivity index (χ3n) is 2.64. The highest BCUT2D eigenvalue weighted by molar-refractivity contribution is 6.34. The van der Waals surface area contributed by atoms with E-state index in [2.05, 4.69) is 20.4 Å². The first kappa shape index (κ1) is 11.9. The van der Waals surface area contributed by atoms with Crippen molar-refractivity contribution in [1.29, 1.82) is 0 Å². The molecule has 0 saturated carbocycles. The lowest BCUT2D eigenvalue weighted by Gasteiger charge is -2.04. The molecule has 1 N–H and O–H groups in total. The fourth-order valence-electron chi connectivity index (χ4n) is 1.77. The lowest BCUT2D eigenvalue weighted by molar-refractivity contribution is 0.384. The summed E-state index contributed by atoms with van der Waals surface area (Å²) in [4.78, 5) is 8.73. The summed E-state index contributed by atoms with van der Waals surface area (Å²) in [5, 5.41) is 7.56. The molecule has 0 radical (unpaired) electrons. The van der Waals surface area contributed by atoms with Gasteiger partial charge in [0.1, 0.15) is 11.3 Å². The third-order valence-corrected chi connectivity index (χ3v) is 2.95. The van der Waals surface area contributed by atoms with Crippen molar-refractivity contribution in [3.63, 3.8) is 0 Å². The van der Waals surface area contributed by atoms with Gasteiger partial charge in [0.25, 0.3) is 0 Å². The van der Waals surface area contributed by atoms with Crippen molar-refractivity contribution in [2.45, 2.75) is 13.5 Å². The SMILES string of the molecule is Cc1cc(CNc2cnc3c(Cl)cccc3n2)on1. The summed E-state index contributed by atoms with van der Waals surface area (Å²) < 4.78 is 5.11. The minimum Gasteiger partial charge on any atom is -0.361 e. The molecule has 5 nitrogen and oxygen atoms in total. The highest BCUT2D eigenvalue weighted by atomic mass is 35.5. The van der Waals surface area contributed by atoms with Crippen LogP contribution < -0.4 is 5.32 Å². The molecule has 19 heavy (non-hydrogen) atoms. The number of hydrogen-bond donors (Lipinski definition) is 1. The number of nitrogens with one attached hydrogen (secondary N) is 1. The van der Waals surface area contributed by atoms with E-state index in [1.807, 2.05) is 25.1 Å². The Morgan fingerprint density at radius 2 is 2.26 bits per heavy atom. The highest BCUT2D eigenvalue weighted by Crippen LogP contribution is 2.20. The molecular weight excluding hydrogens is 264 g/mol. The maximum absolute atomic E-state index is 6.04. The monoisotopic (exact) mass is 274 g/mol. The molecular formula is C13H11ClN4O. The summed E-state index contributed by atoms with van der Waals surface area (Å²) in [6.45, 7) is 2.40. The lowest BCUT2D eigenvalue weighted by atomic mass is 10.3. The summed E-state index contributed by atoms with van der Waals surface area (Å²) in [6, 6.07) is 7.39. The van der Waals surface area contributed by atoms with Crippen molar-refractivity contribution in [1.82, 2.24) is 15.1 Å². The molecule has 6 heteroatoms. The Kier molecular flexibility index (Phi) is 3.05. The average molecular weight is 275 g/mol. The first-order chi connectivity index (χ1) is 9.22. The van der Waals surface area contributed by atoms with Gasteiger partial charge in [-0.15, -0.1) is 0 Å². The fourth-order valence-corrected chi connectivity index (χ4v) is 1.99. The van der Waals surface area contributed by atoms with Crippen molar-refractivity contribution in [3.05, 3.63) is 46.9 Å². The van der Waals surface area contributed by atoms with Crippen molar-refractivity contribution in [2.75, 3.05) is 5.32 Å². The van der Waals surface area contributed by atoms with Crippen LogP contribution in [0.3, 0.4) is 0 Å². The lowest BCUT2D eigenvalue weighted by Crippen LogP contribution is -2.01. The Morgan fingerprint density at radius 1 is 1.37 bits per heavy atom. The second-order valence-electron chi connectivity index (χ2n) is 4.15. The van der Waals surface area contributed by atoms with Crippen molar-refractivity contribution >= 4 is 28.5 Å². The van der Waals surface area contributed by atoms with E-state index in [0.717, 1.165) is 17.0 Å². The summed E-state index contributed by atoms with van der Waals surface area (Å²) in [6.07, 6.45) is 1.65. The van der Waals surface area contributed by atoms with Crippen molar-refractivity contribution in [2.24, 2.45) is 0 Å². The van der Waals surface area contributed by atoms with Gasteiger partial charge >= 0.3 is 0 Å². The van der Waals surface area contributed by atoms with Crippen molar-refractivity contribution in [3.8, 4) is 0 Å². The predicted octanol–water partition coefficient (Wildman–Crippen LogP) is 3.19. The van der Waals surface area contributed by atoms with Crippen LogP contribution in [0.4, 0.5) is 5.82 Å². The summed E-state index contributed by atoms with van der Waals surface area (Å²) in [7, 11) is 0. The van der Waals surface area contributed by atoms with E-state index in [0.29, 0.717) is 22.9 Å². The number of aromatic nitrogens is 3. The topological polar surface area (TPSA) is 63.8 Å². The summed E-state index contributed by atoms with van der Waals surface area (Å²) in [5.41, 5.74) is 2.31. The van der Waals surface area contributed by atoms with Gasteiger partial charge in [-0.25, -0.2) is 9.97 Å². The zero-order valence-corrected chi connectivity index (χ0v) is 11.0. The number of rotatable bonds is 3. The standard InChI is InChI=1S/C13H11ClN4O/c1-8-5-9(19-18-8)6-15-12-7-16-13-10(14)3-2-4-11(13)17-12/h2-5,7H,6H2,1H3,(H,15,17). The zero-order valence-electron chi connectivity index (χ0n) is 10.2.